The van der Waals surface area contributed by atoms with E-state index in [1.54, 1.807) is 18.1 Å². The Balaban J connectivity index is 1.92. The molecule has 5 nitrogen and oxygen atoms in total. The fourth-order valence-electron chi connectivity index (χ4n) is 2.43. The number of carbonyl (C=O) groups is 1. The number of fused-ring (bicyclic) bond motifs is 1. The first-order chi connectivity index (χ1) is 8.27. The van der Waals surface area contributed by atoms with Crippen LogP contribution >= 0.6 is 0 Å². The summed E-state index contributed by atoms with van der Waals surface area (Å²) in [5, 5.41) is 3.32. The highest BCUT2D eigenvalue weighted by atomic mass is 16.5. The van der Waals surface area contributed by atoms with Crippen molar-refractivity contribution in [3.8, 4) is 5.75 Å². The van der Waals surface area contributed by atoms with Crippen LogP contribution in [0, 0.1) is 0 Å². The Morgan fingerprint density at radius 1 is 1.59 bits per heavy atom. The predicted octanol–water partition coefficient (Wildman–Crippen LogP) is 0.557. The van der Waals surface area contributed by atoms with Gasteiger partial charge in [0.15, 0.2) is 17.7 Å². The van der Waals surface area contributed by atoms with Crippen LogP contribution in [0.3, 0.4) is 0 Å². The molecule has 3 heterocycles. The number of amides is 1. The number of aromatic nitrogens is 1. The van der Waals surface area contributed by atoms with Crippen molar-refractivity contribution in [2.75, 3.05) is 18.5 Å². The van der Waals surface area contributed by atoms with Crippen LogP contribution in [-0.4, -0.2) is 36.6 Å². The molecule has 0 radical (unpaired) electrons. The van der Waals surface area contributed by atoms with Crippen LogP contribution in [0.2, 0.25) is 0 Å². The highest BCUT2D eigenvalue weighted by Gasteiger charge is 2.39. The van der Waals surface area contributed by atoms with Crippen molar-refractivity contribution < 1.29 is 9.53 Å². The van der Waals surface area contributed by atoms with Gasteiger partial charge in [0, 0.05) is 13.2 Å². The van der Waals surface area contributed by atoms with Gasteiger partial charge >= 0.3 is 0 Å². The number of hydrogen-bond acceptors (Lipinski definition) is 4. The van der Waals surface area contributed by atoms with Gasteiger partial charge in [-0.1, -0.05) is 0 Å². The molecule has 1 aromatic heterocycles. The summed E-state index contributed by atoms with van der Waals surface area (Å²) in [6.45, 7) is 0.960. The fourth-order valence-corrected chi connectivity index (χ4v) is 2.43. The molecule has 0 spiro atoms. The summed E-state index contributed by atoms with van der Waals surface area (Å²) in [5.41, 5.74) is 0. The van der Waals surface area contributed by atoms with E-state index in [4.69, 9.17) is 4.74 Å². The maximum Gasteiger partial charge on any atom is 0.270 e. The zero-order valence-corrected chi connectivity index (χ0v) is 9.72. The lowest BCUT2D eigenvalue weighted by molar-refractivity contribution is -0.127. The smallest absolute Gasteiger partial charge is 0.270 e. The van der Waals surface area contributed by atoms with Gasteiger partial charge in [-0.15, -0.1) is 0 Å². The third kappa shape index (κ3) is 1.67. The molecule has 90 valence electrons. The minimum Gasteiger partial charge on any atom is -0.475 e. The number of nitrogens with one attached hydrogen (secondary N) is 1. The average Bonchev–Trinajstić information content (AvgIpc) is 2.87. The van der Waals surface area contributed by atoms with Gasteiger partial charge in [0.05, 0.1) is 6.04 Å². The van der Waals surface area contributed by atoms with E-state index in [1.807, 2.05) is 12.1 Å². The van der Waals surface area contributed by atoms with Crippen LogP contribution in [0.25, 0.3) is 0 Å². The standard InChI is InChI=1S/C12H15N3O2/c1-15-11-9(5-3-7-14-11)17-10(12(15)16)8-4-2-6-13-8/h3,5,7-8,10,13H,2,4,6H2,1H3. The normalized spacial score (nSPS) is 27.8. The van der Waals surface area contributed by atoms with Gasteiger partial charge < -0.3 is 10.1 Å². The molecule has 0 bridgehead atoms. The summed E-state index contributed by atoms with van der Waals surface area (Å²) in [6, 6.07) is 3.80. The van der Waals surface area contributed by atoms with E-state index in [9.17, 15) is 4.79 Å². The molecule has 1 fully saturated rings. The Morgan fingerprint density at radius 3 is 3.24 bits per heavy atom. The van der Waals surface area contributed by atoms with Crippen molar-refractivity contribution in [2.45, 2.75) is 25.0 Å². The average molecular weight is 233 g/mol. The Labute approximate surface area is 99.8 Å². The molecule has 1 amide bonds. The van der Waals surface area contributed by atoms with Gasteiger partial charge in [-0.05, 0) is 31.5 Å². The number of hydrogen-bond donors (Lipinski definition) is 1. The number of pyridine rings is 1. The Bertz CT molecular complexity index is 443. The zero-order chi connectivity index (χ0) is 11.8. The van der Waals surface area contributed by atoms with Crippen molar-refractivity contribution in [2.24, 2.45) is 0 Å². The van der Waals surface area contributed by atoms with Crippen molar-refractivity contribution in [3.05, 3.63) is 18.3 Å². The maximum absolute atomic E-state index is 12.2. The lowest BCUT2D eigenvalue weighted by Crippen LogP contribution is -2.53. The number of rotatable bonds is 1. The van der Waals surface area contributed by atoms with E-state index >= 15 is 0 Å². The molecule has 0 aromatic carbocycles. The van der Waals surface area contributed by atoms with E-state index in [1.165, 1.54) is 0 Å². The van der Waals surface area contributed by atoms with Crippen LogP contribution in [-0.2, 0) is 4.79 Å². The van der Waals surface area contributed by atoms with E-state index in [0.717, 1.165) is 19.4 Å². The van der Waals surface area contributed by atoms with Crippen molar-refractivity contribution in [1.29, 1.82) is 0 Å². The molecule has 0 aliphatic carbocycles. The molecule has 1 aromatic rings. The van der Waals surface area contributed by atoms with E-state index in [-0.39, 0.29) is 11.9 Å². The minimum atomic E-state index is -0.417. The number of likely N-dealkylation sites (N-methyl/N-ethyl adjacent to an activating group) is 1. The minimum absolute atomic E-state index is 0.0180. The van der Waals surface area contributed by atoms with Gasteiger partial charge in [0.2, 0.25) is 0 Å². The Morgan fingerprint density at radius 2 is 2.47 bits per heavy atom. The van der Waals surface area contributed by atoms with E-state index in [2.05, 4.69) is 10.3 Å². The summed E-state index contributed by atoms with van der Waals surface area (Å²) in [6.07, 6.45) is 3.33. The van der Waals surface area contributed by atoms with Crippen LogP contribution in [0.1, 0.15) is 12.8 Å². The molecule has 1 saturated heterocycles. The summed E-state index contributed by atoms with van der Waals surface area (Å²) in [5.74, 6) is 1.27. The third-order valence-electron chi connectivity index (χ3n) is 3.36. The highest BCUT2D eigenvalue weighted by molar-refractivity contribution is 5.99. The number of anilines is 1. The summed E-state index contributed by atoms with van der Waals surface area (Å²) in [4.78, 5) is 18.0. The van der Waals surface area contributed by atoms with Crippen LogP contribution in [0.15, 0.2) is 18.3 Å². The molecule has 5 heteroatoms. The number of nitrogens with zero attached hydrogens (tertiary/aromatic N) is 2. The van der Waals surface area contributed by atoms with Crippen LogP contribution < -0.4 is 15.0 Å². The van der Waals surface area contributed by atoms with E-state index < -0.39 is 6.10 Å². The molecule has 2 aliphatic rings. The first-order valence-corrected chi connectivity index (χ1v) is 5.90. The quantitative estimate of drug-likeness (QED) is 0.770. The maximum atomic E-state index is 12.2. The Hall–Kier alpha value is -1.62. The topological polar surface area (TPSA) is 54.5 Å². The monoisotopic (exact) mass is 233 g/mol. The number of ether oxygens (including phenoxy) is 1. The second kappa shape index (κ2) is 4.00. The van der Waals surface area contributed by atoms with Crippen molar-refractivity contribution >= 4 is 11.7 Å². The van der Waals surface area contributed by atoms with Gasteiger partial charge in [0.25, 0.3) is 5.91 Å². The number of carbonyl (C=O) groups excluding carboxylic acids is 1. The summed E-state index contributed by atoms with van der Waals surface area (Å²) < 4.78 is 5.78. The molecule has 3 rings (SSSR count). The lowest BCUT2D eigenvalue weighted by atomic mass is 10.1. The lowest BCUT2D eigenvalue weighted by Gasteiger charge is -2.33. The third-order valence-corrected chi connectivity index (χ3v) is 3.36. The second-order valence-corrected chi connectivity index (χ2v) is 4.46. The summed E-state index contributed by atoms with van der Waals surface area (Å²) in [7, 11) is 1.75. The van der Waals surface area contributed by atoms with Crippen LogP contribution in [0.5, 0.6) is 5.75 Å². The zero-order valence-electron chi connectivity index (χ0n) is 9.72. The first kappa shape index (κ1) is 10.5. The molecular weight excluding hydrogens is 218 g/mol. The largest absolute Gasteiger partial charge is 0.475 e. The Kier molecular flexibility index (Phi) is 2.48. The molecule has 2 aliphatic heterocycles. The van der Waals surface area contributed by atoms with Crippen molar-refractivity contribution in [1.82, 2.24) is 10.3 Å². The van der Waals surface area contributed by atoms with E-state index in [0.29, 0.717) is 11.6 Å². The van der Waals surface area contributed by atoms with Gasteiger partial charge in [-0.25, -0.2) is 4.98 Å². The van der Waals surface area contributed by atoms with Gasteiger partial charge in [0.1, 0.15) is 0 Å². The highest BCUT2D eigenvalue weighted by Crippen LogP contribution is 2.32. The predicted molar refractivity (Wildman–Crippen MR) is 63.1 cm³/mol. The van der Waals surface area contributed by atoms with Gasteiger partial charge in [-0.3, -0.25) is 9.69 Å². The molecular formula is C12H15N3O2. The van der Waals surface area contributed by atoms with Crippen LogP contribution in [0.4, 0.5) is 5.82 Å². The van der Waals surface area contributed by atoms with Crippen molar-refractivity contribution in [3.63, 3.8) is 0 Å². The fraction of sp³-hybridized carbons (Fsp3) is 0.500. The first-order valence-electron chi connectivity index (χ1n) is 5.90. The SMILES string of the molecule is CN1C(=O)C(C2CCCN2)Oc2cccnc21. The molecule has 2 atom stereocenters. The molecule has 0 saturated carbocycles. The summed E-state index contributed by atoms with van der Waals surface area (Å²) >= 11 is 0. The second-order valence-electron chi connectivity index (χ2n) is 4.46. The van der Waals surface area contributed by atoms with Gasteiger partial charge in [-0.2, -0.15) is 0 Å². The molecule has 1 N–H and O–H groups in total. The molecule has 2 unspecified atom stereocenters. The molecule has 17 heavy (non-hydrogen) atoms.